The van der Waals surface area contributed by atoms with Crippen molar-refractivity contribution >= 4 is 34.8 Å². The van der Waals surface area contributed by atoms with E-state index in [0.29, 0.717) is 11.3 Å². The second kappa shape index (κ2) is 8.65. The van der Waals surface area contributed by atoms with Crippen LogP contribution in [0.25, 0.3) is 0 Å². The van der Waals surface area contributed by atoms with E-state index in [1.165, 1.54) is 4.90 Å². The molecule has 2 aromatic rings. The van der Waals surface area contributed by atoms with Crippen molar-refractivity contribution in [2.75, 3.05) is 42.3 Å². The number of fused-ring (bicyclic) bond motifs is 3. The maximum Gasteiger partial charge on any atom is 0.253 e. The molecule has 4 rings (SSSR count). The van der Waals surface area contributed by atoms with Crippen LogP contribution in [0.1, 0.15) is 40.7 Å². The largest absolute Gasteiger partial charge is 0.358 e. The van der Waals surface area contributed by atoms with Crippen molar-refractivity contribution in [2.24, 2.45) is 0 Å². The van der Waals surface area contributed by atoms with Crippen LogP contribution in [-0.4, -0.2) is 55.8 Å². The molecule has 0 aliphatic carbocycles. The third kappa shape index (κ3) is 3.95. The van der Waals surface area contributed by atoms with Crippen LogP contribution in [-0.2, 0) is 9.59 Å². The highest BCUT2D eigenvalue weighted by atomic mass is 16.2. The predicted octanol–water partition coefficient (Wildman–Crippen LogP) is 3.35. The average Bonchev–Trinajstić information content (AvgIpc) is 2.78. The Labute approximate surface area is 189 Å². The lowest BCUT2D eigenvalue weighted by Crippen LogP contribution is -2.56. The summed E-state index contributed by atoms with van der Waals surface area (Å²) >= 11 is 0. The van der Waals surface area contributed by atoms with Gasteiger partial charge in [-0.15, -0.1) is 0 Å². The number of benzene rings is 2. The highest BCUT2D eigenvalue weighted by molar-refractivity contribution is 6.11. The van der Waals surface area contributed by atoms with Crippen LogP contribution < -0.4 is 15.1 Å². The molecule has 168 valence electrons. The first-order valence-electron chi connectivity index (χ1n) is 11.1. The van der Waals surface area contributed by atoms with Gasteiger partial charge >= 0.3 is 0 Å². The zero-order chi connectivity index (χ0) is 23.0. The van der Waals surface area contributed by atoms with Gasteiger partial charge in [0.05, 0.1) is 11.4 Å². The van der Waals surface area contributed by atoms with Crippen molar-refractivity contribution in [1.29, 1.82) is 0 Å². The first-order chi connectivity index (χ1) is 15.3. The molecule has 32 heavy (non-hydrogen) atoms. The molecule has 2 heterocycles. The fourth-order valence-electron chi connectivity index (χ4n) is 4.53. The van der Waals surface area contributed by atoms with Crippen LogP contribution in [0.2, 0.25) is 0 Å². The van der Waals surface area contributed by atoms with E-state index in [9.17, 15) is 14.4 Å². The van der Waals surface area contributed by atoms with Crippen LogP contribution >= 0.6 is 0 Å². The smallest absolute Gasteiger partial charge is 0.253 e. The fourth-order valence-corrected chi connectivity index (χ4v) is 4.53. The number of nitrogens with zero attached hydrogens (tertiary/aromatic N) is 3. The summed E-state index contributed by atoms with van der Waals surface area (Å²) in [5, 5.41) is 2.96. The third-order valence-corrected chi connectivity index (χ3v) is 6.46. The Bertz CT molecular complexity index is 1080. The van der Waals surface area contributed by atoms with Crippen molar-refractivity contribution in [3.8, 4) is 0 Å². The molecule has 2 aliphatic heterocycles. The van der Waals surface area contributed by atoms with E-state index in [0.717, 1.165) is 48.3 Å². The molecule has 0 spiro atoms. The van der Waals surface area contributed by atoms with E-state index in [4.69, 9.17) is 0 Å². The van der Waals surface area contributed by atoms with Crippen molar-refractivity contribution < 1.29 is 14.4 Å². The number of anilines is 3. The summed E-state index contributed by atoms with van der Waals surface area (Å²) in [4.78, 5) is 44.2. The van der Waals surface area contributed by atoms with E-state index in [1.807, 2.05) is 38.1 Å². The molecule has 1 atom stereocenters. The number of hydrogen-bond acceptors (Lipinski definition) is 4. The molecular formula is C25H30N4O3. The Morgan fingerprint density at radius 2 is 1.88 bits per heavy atom. The molecule has 3 amide bonds. The van der Waals surface area contributed by atoms with Gasteiger partial charge in [0, 0.05) is 31.9 Å². The minimum atomic E-state index is -0.264. The number of rotatable bonds is 4. The monoisotopic (exact) mass is 434 g/mol. The molecule has 1 unspecified atom stereocenters. The van der Waals surface area contributed by atoms with Crippen molar-refractivity contribution in [2.45, 2.75) is 39.2 Å². The summed E-state index contributed by atoms with van der Waals surface area (Å²) in [6, 6.07) is 11.0. The normalized spacial score (nSPS) is 17.5. The number of hydrogen-bond donors (Lipinski definition) is 1. The topological polar surface area (TPSA) is 73.0 Å². The van der Waals surface area contributed by atoms with Gasteiger partial charge in [-0.05, 0) is 68.5 Å². The first kappa shape index (κ1) is 21.9. The number of piperidine rings is 1. The van der Waals surface area contributed by atoms with Gasteiger partial charge in [-0.3, -0.25) is 19.3 Å². The molecule has 0 aromatic heterocycles. The lowest BCUT2D eigenvalue weighted by atomic mass is 9.95. The number of nitrogens with one attached hydrogen (secondary N) is 1. The van der Waals surface area contributed by atoms with Crippen molar-refractivity contribution in [1.82, 2.24) is 4.90 Å². The van der Waals surface area contributed by atoms with Gasteiger partial charge < -0.3 is 15.1 Å². The van der Waals surface area contributed by atoms with E-state index in [1.54, 1.807) is 31.1 Å². The lowest BCUT2D eigenvalue weighted by molar-refractivity contribution is -0.123. The number of carbonyl (C=O) groups excluding carboxylic acids is 3. The molecule has 7 heteroatoms. The second-order valence-electron chi connectivity index (χ2n) is 8.83. The Hall–Kier alpha value is -3.35. The summed E-state index contributed by atoms with van der Waals surface area (Å²) < 4.78 is 0. The van der Waals surface area contributed by atoms with Crippen LogP contribution in [0, 0.1) is 13.8 Å². The van der Waals surface area contributed by atoms with Crippen LogP contribution in [0.3, 0.4) is 0 Å². The standard InChI is InChI=1S/C25H30N4O3/c1-16-8-7-9-19(17(16)2)26-23(30)15-29-22-14-18(24(31)27(3)4)11-12-20(22)28-13-6-5-10-21(28)25(29)32/h7-9,11-12,14,21H,5-6,10,13,15H2,1-4H3,(H,26,30). The van der Waals surface area contributed by atoms with Gasteiger partial charge in [-0.2, -0.15) is 0 Å². The van der Waals surface area contributed by atoms with E-state index < -0.39 is 0 Å². The van der Waals surface area contributed by atoms with Crippen molar-refractivity contribution in [3.63, 3.8) is 0 Å². The quantitative estimate of drug-likeness (QED) is 0.801. The summed E-state index contributed by atoms with van der Waals surface area (Å²) in [6.07, 6.45) is 2.78. The molecule has 1 fully saturated rings. The summed E-state index contributed by atoms with van der Waals surface area (Å²) in [6.45, 7) is 4.66. The summed E-state index contributed by atoms with van der Waals surface area (Å²) in [5.41, 5.74) is 4.86. The fraction of sp³-hybridized carbons (Fsp3) is 0.400. The molecular weight excluding hydrogens is 404 g/mol. The van der Waals surface area contributed by atoms with Crippen LogP contribution in [0.5, 0.6) is 0 Å². The first-order valence-corrected chi connectivity index (χ1v) is 11.1. The number of carbonyl (C=O) groups is 3. The maximum atomic E-state index is 13.5. The van der Waals surface area contributed by atoms with E-state index >= 15 is 0 Å². The maximum absolute atomic E-state index is 13.5. The molecule has 2 aromatic carbocycles. The third-order valence-electron chi connectivity index (χ3n) is 6.46. The van der Waals surface area contributed by atoms with Gasteiger partial charge in [0.25, 0.3) is 5.91 Å². The molecule has 0 saturated carbocycles. The second-order valence-corrected chi connectivity index (χ2v) is 8.83. The molecule has 7 nitrogen and oxygen atoms in total. The molecule has 0 bridgehead atoms. The number of amides is 3. The molecule has 1 N–H and O–H groups in total. The minimum Gasteiger partial charge on any atom is -0.358 e. The molecule has 2 aliphatic rings. The highest BCUT2D eigenvalue weighted by Gasteiger charge is 2.40. The minimum absolute atomic E-state index is 0.0808. The van der Waals surface area contributed by atoms with Crippen LogP contribution in [0.4, 0.5) is 17.1 Å². The molecule has 0 radical (unpaired) electrons. The van der Waals surface area contributed by atoms with Gasteiger partial charge in [0.15, 0.2) is 0 Å². The Balaban J connectivity index is 1.68. The van der Waals surface area contributed by atoms with Gasteiger partial charge in [0.1, 0.15) is 12.6 Å². The van der Waals surface area contributed by atoms with Crippen molar-refractivity contribution in [3.05, 3.63) is 53.1 Å². The zero-order valence-electron chi connectivity index (χ0n) is 19.1. The van der Waals surface area contributed by atoms with Gasteiger partial charge in [-0.1, -0.05) is 12.1 Å². The lowest BCUT2D eigenvalue weighted by Gasteiger charge is -2.45. The summed E-state index contributed by atoms with van der Waals surface area (Å²) in [5.74, 6) is -0.477. The predicted molar refractivity (Wildman–Crippen MR) is 126 cm³/mol. The zero-order valence-corrected chi connectivity index (χ0v) is 19.1. The van der Waals surface area contributed by atoms with Crippen LogP contribution in [0.15, 0.2) is 36.4 Å². The van der Waals surface area contributed by atoms with E-state index in [2.05, 4.69) is 10.2 Å². The van der Waals surface area contributed by atoms with Gasteiger partial charge in [0.2, 0.25) is 11.8 Å². The molecule has 1 saturated heterocycles. The Morgan fingerprint density at radius 1 is 1.09 bits per heavy atom. The Morgan fingerprint density at radius 3 is 2.62 bits per heavy atom. The van der Waals surface area contributed by atoms with E-state index in [-0.39, 0.29) is 30.3 Å². The number of aryl methyl sites for hydroxylation is 1. The summed E-state index contributed by atoms with van der Waals surface area (Å²) in [7, 11) is 3.39. The average molecular weight is 435 g/mol. The highest BCUT2D eigenvalue weighted by Crippen LogP contribution is 2.40. The Kier molecular flexibility index (Phi) is 5.91. The van der Waals surface area contributed by atoms with Gasteiger partial charge in [-0.25, -0.2) is 0 Å². The SMILES string of the molecule is Cc1cccc(NC(=O)CN2C(=O)C3CCCCN3c3ccc(C(=O)N(C)C)cc32)c1C.